The maximum absolute atomic E-state index is 13.6. The molecule has 33 heavy (non-hydrogen) atoms. The minimum atomic E-state index is -0.256. The molecule has 6 heteroatoms. The Morgan fingerprint density at radius 1 is 1.03 bits per heavy atom. The zero-order valence-corrected chi connectivity index (χ0v) is 19.9. The van der Waals surface area contributed by atoms with Crippen molar-refractivity contribution in [1.82, 2.24) is 15.2 Å². The van der Waals surface area contributed by atoms with Gasteiger partial charge >= 0.3 is 0 Å². The number of rotatable bonds is 4. The van der Waals surface area contributed by atoms with Gasteiger partial charge in [0.25, 0.3) is 0 Å². The Morgan fingerprint density at radius 3 is 2.61 bits per heavy atom. The van der Waals surface area contributed by atoms with Gasteiger partial charge in [-0.3, -0.25) is 9.69 Å². The number of H-pyrrole nitrogens is 1. The Labute approximate surface area is 196 Å². The Balaban J connectivity index is 1.35. The number of aromatic amines is 1. The number of aromatic nitrogens is 1. The second kappa shape index (κ2) is 8.75. The van der Waals surface area contributed by atoms with Crippen molar-refractivity contribution >= 4 is 28.2 Å². The normalized spacial score (nSPS) is 20.2. The van der Waals surface area contributed by atoms with E-state index in [1.165, 1.54) is 27.8 Å². The van der Waals surface area contributed by atoms with Crippen molar-refractivity contribution in [2.24, 2.45) is 0 Å². The van der Waals surface area contributed by atoms with Gasteiger partial charge in [-0.05, 0) is 63.4 Å². The maximum atomic E-state index is 13.6. The lowest BCUT2D eigenvalue weighted by molar-refractivity contribution is -0.128. The third-order valence-electron chi connectivity index (χ3n) is 6.85. The van der Waals surface area contributed by atoms with Crippen LogP contribution in [0.2, 0.25) is 0 Å². The number of benzene rings is 2. The van der Waals surface area contributed by atoms with Crippen LogP contribution in [0.15, 0.2) is 54.7 Å². The molecule has 174 valence electrons. The van der Waals surface area contributed by atoms with E-state index in [4.69, 9.17) is 0 Å². The van der Waals surface area contributed by atoms with Crippen LogP contribution in [-0.4, -0.2) is 59.6 Å². The lowest BCUT2D eigenvalue weighted by atomic mass is 9.91. The number of aryl methyl sites for hydroxylation is 1. The number of nitrogens with zero attached hydrogens (tertiary/aromatic N) is 2. The molecule has 2 aromatic carbocycles. The van der Waals surface area contributed by atoms with Crippen LogP contribution in [0, 0.1) is 0 Å². The van der Waals surface area contributed by atoms with Crippen LogP contribution in [0.5, 0.6) is 0 Å². The molecule has 6 nitrogen and oxygen atoms in total. The molecule has 1 fully saturated rings. The highest BCUT2D eigenvalue weighted by atomic mass is 16.2. The highest BCUT2D eigenvalue weighted by molar-refractivity contribution is 5.92. The number of anilines is 2. The van der Waals surface area contributed by atoms with Gasteiger partial charge in [0.1, 0.15) is 6.04 Å². The van der Waals surface area contributed by atoms with Gasteiger partial charge in [-0.1, -0.05) is 24.3 Å². The van der Waals surface area contributed by atoms with E-state index >= 15 is 0 Å². The van der Waals surface area contributed by atoms with Crippen molar-refractivity contribution in [3.8, 4) is 0 Å². The smallest absolute Gasteiger partial charge is 0.239 e. The lowest BCUT2D eigenvalue weighted by Crippen LogP contribution is -2.62. The van der Waals surface area contributed by atoms with Gasteiger partial charge in [-0.25, -0.2) is 0 Å². The van der Waals surface area contributed by atoms with Crippen LogP contribution in [0.3, 0.4) is 0 Å². The summed E-state index contributed by atoms with van der Waals surface area (Å²) in [6.45, 7) is 9.72. The zero-order valence-electron chi connectivity index (χ0n) is 19.9. The Bertz CT molecular complexity index is 1120. The van der Waals surface area contributed by atoms with Gasteiger partial charge in [-0.2, -0.15) is 0 Å². The van der Waals surface area contributed by atoms with Gasteiger partial charge in [-0.15, -0.1) is 0 Å². The molecule has 3 N–H and O–H groups in total. The summed E-state index contributed by atoms with van der Waals surface area (Å²) in [5, 5.41) is 8.23. The summed E-state index contributed by atoms with van der Waals surface area (Å²) in [4.78, 5) is 21.7. The largest absolute Gasteiger partial charge is 0.380 e. The van der Waals surface area contributed by atoms with Crippen molar-refractivity contribution in [3.63, 3.8) is 0 Å². The molecule has 3 heterocycles. The number of piperazine rings is 1. The molecule has 0 saturated carbocycles. The highest BCUT2D eigenvalue weighted by Gasteiger charge is 2.38. The van der Waals surface area contributed by atoms with Gasteiger partial charge < -0.3 is 20.5 Å². The molecule has 5 rings (SSSR count). The van der Waals surface area contributed by atoms with Crippen molar-refractivity contribution < 1.29 is 4.79 Å². The van der Waals surface area contributed by atoms with Crippen molar-refractivity contribution in [3.05, 3.63) is 60.3 Å². The maximum Gasteiger partial charge on any atom is 0.239 e. The van der Waals surface area contributed by atoms with Gasteiger partial charge in [0, 0.05) is 60.2 Å². The van der Waals surface area contributed by atoms with Gasteiger partial charge in [0.05, 0.1) is 6.04 Å². The van der Waals surface area contributed by atoms with Crippen LogP contribution >= 0.6 is 0 Å². The molecule has 3 aromatic rings. The second-order valence-electron chi connectivity index (χ2n) is 10.4. The first-order chi connectivity index (χ1) is 15.9. The molecule has 1 amide bonds. The fraction of sp³-hybridized carbons (Fsp3) is 0.444. The van der Waals surface area contributed by atoms with E-state index in [1.807, 2.05) is 6.20 Å². The third-order valence-corrected chi connectivity index (χ3v) is 6.85. The number of carbonyl (C=O) groups is 1. The first-order valence-electron chi connectivity index (χ1n) is 12.1. The van der Waals surface area contributed by atoms with Gasteiger partial charge in [0.15, 0.2) is 0 Å². The molecule has 1 aromatic heterocycles. The lowest BCUT2D eigenvalue weighted by Gasteiger charge is -2.44. The van der Waals surface area contributed by atoms with E-state index in [2.05, 4.69) is 94.7 Å². The van der Waals surface area contributed by atoms with E-state index in [-0.39, 0.29) is 23.5 Å². The summed E-state index contributed by atoms with van der Waals surface area (Å²) in [5.41, 5.74) is 4.69. The van der Waals surface area contributed by atoms with Crippen molar-refractivity contribution in [2.75, 3.05) is 36.4 Å². The van der Waals surface area contributed by atoms with Gasteiger partial charge in [0.2, 0.25) is 5.91 Å². The van der Waals surface area contributed by atoms with Crippen LogP contribution in [0.1, 0.15) is 32.8 Å². The fourth-order valence-corrected chi connectivity index (χ4v) is 5.33. The average Bonchev–Trinajstić information content (AvgIpc) is 3.28. The molecule has 0 radical (unpaired) electrons. The number of hydrogen-bond acceptors (Lipinski definition) is 4. The quantitative estimate of drug-likeness (QED) is 0.568. The van der Waals surface area contributed by atoms with E-state index < -0.39 is 0 Å². The SMILES string of the molecule is CC(C)(C)NC(=O)C(C1CCc2ccccc2N1)N1CCN(c2cccc3[nH]ccc23)CC1. The predicted octanol–water partition coefficient (Wildman–Crippen LogP) is 4.00. The number of nitrogens with one attached hydrogen (secondary N) is 3. The topological polar surface area (TPSA) is 63.4 Å². The molecule has 2 aliphatic heterocycles. The first-order valence-corrected chi connectivity index (χ1v) is 12.1. The molecule has 2 aliphatic rings. The highest BCUT2D eigenvalue weighted by Crippen LogP contribution is 2.30. The molecule has 2 unspecified atom stereocenters. The molecule has 0 bridgehead atoms. The van der Waals surface area contributed by atoms with Crippen LogP contribution in [0.4, 0.5) is 11.4 Å². The number of hydrogen-bond donors (Lipinski definition) is 3. The molecule has 0 spiro atoms. The summed E-state index contributed by atoms with van der Waals surface area (Å²) >= 11 is 0. The minimum Gasteiger partial charge on any atom is -0.380 e. The summed E-state index contributed by atoms with van der Waals surface area (Å²) in [6.07, 6.45) is 3.97. The van der Waals surface area contributed by atoms with E-state index in [0.29, 0.717) is 0 Å². The minimum absolute atomic E-state index is 0.0990. The average molecular weight is 446 g/mol. The fourth-order valence-electron chi connectivity index (χ4n) is 5.33. The number of amides is 1. The Hall–Kier alpha value is -2.99. The first kappa shape index (κ1) is 21.8. The Kier molecular flexibility index (Phi) is 5.79. The van der Waals surface area contributed by atoms with E-state index in [9.17, 15) is 4.79 Å². The van der Waals surface area contributed by atoms with Crippen molar-refractivity contribution in [1.29, 1.82) is 0 Å². The van der Waals surface area contributed by atoms with Crippen LogP contribution in [0.25, 0.3) is 10.9 Å². The van der Waals surface area contributed by atoms with E-state index in [0.717, 1.165) is 39.0 Å². The Morgan fingerprint density at radius 2 is 1.82 bits per heavy atom. The molecule has 0 aliphatic carbocycles. The molecule has 1 saturated heterocycles. The monoisotopic (exact) mass is 445 g/mol. The predicted molar refractivity (Wildman–Crippen MR) is 136 cm³/mol. The third kappa shape index (κ3) is 4.58. The zero-order chi connectivity index (χ0) is 23.0. The van der Waals surface area contributed by atoms with Crippen LogP contribution in [-0.2, 0) is 11.2 Å². The second-order valence-corrected chi connectivity index (χ2v) is 10.4. The number of para-hydroxylation sites is 1. The van der Waals surface area contributed by atoms with Crippen molar-refractivity contribution in [2.45, 2.75) is 51.2 Å². The molecule has 2 atom stereocenters. The molecular weight excluding hydrogens is 410 g/mol. The van der Waals surface area contributed by atoms with Crippen LogP contribution < -0.4 is 15.5 Å². The number of carbonyl (C=O) groups excluding carboxylic acids is 1. The number of fused-ring (bicyclic) bond motifs is 2. The van der Waals surface area contributed by atoms with E-state index in [1.54, 1.807) is 0 Å². The molecular formula is C27H35N5O. The summed E-state index contributed by atoms with van der Waals surface area (Å²) < 4.78 is 0. The summed E-state index contributed by atoms with van der Waals surface area (Å²) in [7, 11) is 0. The standard InChI is InChI=1S/C27H35N5O/c1-27(2,3)30-26(33)25(23-12-11-19-7-4-5-8-21(19)29-23)32-17-15-31(16-18-32)24-10-6-9-22-20(24)13-14-28-22/h4-10,13-14,23,25,28-29H,11-12,15-18H2,1-3H3,(H,30,33). The summed E-state index contributed by atoms with van der Waals surface area (Å²) in [6, 6.07) is 17.0. The summed E-state index contributed by atoms with van der Waals surface area (Å²) in [5.74, 6) is 0.126.